The lowest BCUT2D eigenvalue weighted by atomic mass is 10.3. The molecule has 3 N–H and O–H groups in total. The van der Waals surface area contributed by atoms with Gasteiger partial charge >= 0.3 is 0 Å². The van der Waals surface area contributed by atoms with Crippen LogP contribution >= 0.6 is 0 Å². The van der Waals surface area contributed by atoms with Gasteiger partial charge in [-0.1, -0.05) is 0 Å². The van der Waals surface area contributed by atoms with Crippen molar-refractivity contribution in [3.8, 4) is 5.75 Å². The molecule has 0 amide bonds. The predicted octanol–water partition coefficient (Wildman–Crippen LogP) is 1.48. The minimum absolute atomic E-state index is 0.0551. The molecule has 1 heterocycles. The highest BCUT2D eigenvalue weighted by atomic mass is 32.2. The maximum absolute atomic E-state index is 11.8. The molecule has 0 fully saturated rings. The first-order valence-corrected chi connectivity index (χ1v) is 7.59. The molecule has 0 saturated heterocycles. The molecule has 2 aromatic rings. The predicted molar refractivity (Wildman–Crippen MR) is 78.0 cm³/mol. The van der Waals surface area contributed by atoms with Crippen molar-refractivity contribution in [3.63, 3.8) is 0 Å². The first-order valence-electron chi connectivity index (χ1n) is 5.94. The van der Waals surface area contributed by atoms with Crippen LogP contribution in [0.15, 0.2) is 48.8 Å². The fraction of sp³-hybridized carbons (Fsp3) is 0.154. The first kappa shape index (κ1) is 14.1. The lowest BCUT2D eigenvalue weighted by molar-refractivity contribution is 0.341. The average molecular weight is 293 g/mol. The number of hydrogen-bond acceptors (Lipinski definition) is 5. The smallest absolute Gasteiger partial charge is 0.236 e. The van der Waals surface area contributed by atoms with E-state index in [0.717, 1.165) is 0 Å². The average Bonchev–Trinajstić information content (AvgIpc) is 2.41. The molecule has 7 heteroatoms. The van der Waals surface area contributed by atoms with Crippen LogP contribution in [0.3, 0.4) is 0 Å². The molecule has 0 radical (unpaired) electrons. The summed E-state index contributed by atoms with van der Waals surface area (Å²) >= 11 is 0. The summed E-state index contributed by atoms with van der Waals surface area (Å²) in [5, 5.41) is 0. The van der Waals surface area contributed by atoms with Crippen LogP contribution in [0.4, 0.5) is 11.4 Å². The second kappa shape index (κ2) is 6.25. The monoisotopic (exact) mass is 293 g/mol. The number of aromatic nitrogens is 1. The van der Waals surface area contributed by atoms with Gasteiger partial charge in [0.1, 0.15) is 18.1 Å². The number of pyridine rings is 1. The van der Waals surface area contributed by atoms with Gasteiger partial charge in [-0.25, -0.2) is 8.42 Å². The summed E-state index contributed by atoms with van der Waals surface area (Å²) in [5.41, 5.74) is 6.60. The van der Waals surface area contributed by atoms with E-state index >= 15 is 0 Å². The van der Waals surface area contributed by atoms with E-state index in [4.69, 9.17) is 10.5 Å². The number of rotatable bonds is 6. The number of ether oxygens (including phenoxy) is 1. The molecule has 1 aromatic heterocycles. The van der Waals surface area contributed by atoms with Crippen molar-refractivity contribution in [2.24, 2.45) is 0 Å². The Morgan fingerprint density at radius 1 is 1.20 bits per heavy atom. The Kier molecular flexibility index (Phi) is 4.41. The van der Waals surface area contributed by atoms with Crippen molar-refractivity contribution in [1.29, 1.82) is 0 Å². The highest BCUT2D eigenvalue weighted by Gasteiger charge is 2.10. The van der Waals surface area contributed by atoms with Crippen molar-refractivity contribution in [2.75, 3.05) is 22.8 Å². The van der Waals surface area contributed by atoms with Gasteiger partial charge in [0.15, 0.2) is 0 Å². The van der Waals surface area contributed by atoms with Crippen LogP contribution in [-0.2, 0) is 10.0 Å². The van der Waals surface area contributed by atoms with E-state index in [1.54, 1.807) is 42.6 Å². The molecular formula is C13H15N3O3S. The van der Waals surface area contributed by atoms with Crippen LogP contribution in [0.1, 0.15) is 0 Å². The number of benzene rings is 1. The number of anilines is 2. The fourth-order valence-corrected chi connectivity index (χ4v) is 2.37. The molecule has 1 aromatic carbocycles. The van der Waals surface area contributed by atoms with Crippen LogP contribution in [0, 0.1) is 0 Å². The van der Waals surface area contributed by atoms with E-state index < -0.39 is 10.0 Å². The first-order chi connectivity index (χ1) is 9.55. The van der Waals surface area contributed by atoms with Crippen molar-refractivity contribution in [3.05, 3.63) is 48.8 Å². The topological polar surface area (TPSA) is 94.3 Å². The van der Waals surface area contributed by atoms with E-state index in [-0.39, 0.29) is 12.4 Å². The molecule has 2 rings (SSSR count). The van der Waals surface area contributed by atoms with Crippen LogP contribution in [0.2, 0.25) is 0 Å². The van der Waals surface area contributed by atoms with Gasteiger partial charge in [-0.15, -0.1) is 0 Å². The summed E-state index contributed by atoms with van der Waals surface area (Å²) in [7, 11) is -3.45. The summed E-state index contributed by atoms with van der Waals surface area (Å²) in [6.45, 7) is 0.0551. The number of nitrogens with zero attached hydrogens (tertiary/aromatic N) is 1. The molecule has 6 nitrogen and oxygen atoms in total. The molecule has 0 spiro atoms. The lowest BCUT2D eigenvalue weighted by Gasteiger charge is -2.09. The Bertz CT molecular complexity index is 642. The number of nitrogen functional groups attached to an aromatic ring is 1. The summed E-state index contributed by atoms with van der Waals surface area (Å²) in [4.78, 5) is 3.83. The molecule has 0 bridgehead atoms. The minimum Gasteiger partial charge on any atom is -0.492 e. The number of nitrogens with two attached hydrogens (primary N) is 1. The third kappa shape index (κ3) is 4.43. The largest absolute Gasteiger partial charge is 0.492 e. The summed E-state index contributed by atoms with van der Waals surface area (Å²) in [5.74, 6) is 0.433. The standard InChI is InChI=1S/C13H15N3O3S/c14-11-3-5-13(6-4-11)19-8-9-20(17,18)16-12-2-1-7-15-10-12/h1-7,10,16H,8-9,14H2. The highest BCUT2D eigenvalue weighted by molar-refractivity contribution is 7.92. The van der Waals surface area contributed by atoms with Gasteiger partial charge in [0.05, 0.1) is 11.9 Å². The van der Waals surface area contributed by atoms with Crippen LogP contribution in [-0.4, -0.2) is 25.8 Å². The molecule has 0 aliphatic rings. The number of hydrogen-bond donors (Lipinski definition) is 2. The zero-order valence-electron chi connectivity index (χ0n) is 10.7. The normalized spacial score (nSPS) is 11.0. The Balaban J connectivity index is 1.85. The van der Waals surface area contributed by atoms with E-state index in [0.29, 0.717) is 17.1 Å². The van der Waals surface area contributed by atoms with Gasteiger partial charge < -0.3 is 10.5 Å². The van der Waals surface area contributed by atoms with E-state index in [1.807, 2.05) is 0 Å². The number of sulfonamides is 1. The van der Waals surface area contributed by atoms with E-state index in [1.165, 1.54) is 6.20 Å². The minimum atomic E-state index is -3.45. The van der Waals surface area contributed by atoms with Crippen LogP contribution in [0.25, 0.3) is 0 Å². The van der Waals surface area contributed by atoms with Crippen molar-refractivity contribution < 1.29 is 13.2 Å². The van der Waals surface area contributed by atoms with E-state index in [2.05, 4.69) is 9.71 Å². The quantitative estimate of drug-likeness (QED) is 0.787. The zero-order valence-corrected chi connectivity index (χ0v) is 11.5. The molecule has 0 atom stereocenters. The zero-order chi connectivity index (χ0) is 14.4. The summed E-state index contributed by atoms with van der Waals surface area (Å²) in [6.07, 6.45) is 3.01. The maximum Gasteiger partial charge on any atom is 0.236 e. The SMILES string of the molecule is Nc1ccc(OCCS(=O)(=O)Nc2cccnc2)cc1. The van der Waals surface area contributed by atoms with Crippen molar-refractivity contribution >= 4 is 21.4 Å². The number of nitrogens with one attached hydrogen (secondary N) is 1. The molecule has 0 saturated carbocycles. The third-order valence-corrected chi connectivity index (χ3v) is 3.69. The Morgan fingerprint density at radius 3 is 2.60 bits per heavy atom. The Labute approximate surface area is 117 Å². The third-order valence-electron chi connectivity index (χ3n) is 2.44. The highest BCUT2D eigenvalue weighted by Crippen LogP contribution is 2.13. The molecule has 0 aliphatic heterocycles. The van der Waals surface area contributed by atoms with E-state index in [9.17, 15) is 8.42 Å². The Hall–Kier alpha value is -2.28. The Morgan fingerprint density at radius 2 is 1.95 bits per heavy atom. The maximum atomic E-state index is 11.8. The second-order valence-corrected chi connectivity index (χ2v) is 5.92. The fourth-order valence-electron chi connectivity index (χ4n) is 1.49. The van der Waals surface area contributed by atoms with Gasteiger partial charge in [-0.2, -0.15) is 0 Å². The lowest BCUT2D eigenvalue weighted by Crippen LogP contribution is -2.21. The van der Waals surface area contributed by atoms with Gasteiger partial charge in [-0.05, 0) is 36.4 Å². The molecule has 0 aliphatic carbocycles. The van der Waals surface area contributed by atoms with Crippen LogP contribution < -0.4 is 15.2 Å². The van der Waals surface area contributed by atoms with Gasteiger partial charge in [-0.3, -0.25) is 9.71 Å². The molecule has 20 heavy (non-hydrogen) atoms. The van der Waals surface area contributed by atoms with Crippen molar-refractivity contribution in [2.45, 2.75) is 0 Å². The van der Waals surface area contributed by atoms with Gasteiger partial charge in [0.2, 0.25) is 10.0 Å². The van der Waals surface area contributed by atoms with Gasteiger partial charge in [0, 0.05) is 11.9 Å². The molecular weight excluding hydrogens is 278 g/mol. The molecule has 0 unspecified atom stereocenters. The van der Waals surface area contributed by atoms with Crippen molar-refractivity contribution in [1.82, 2.24) is 4.98 Å². The summed E-state index contributed by atoms with van der Waals surface area (Å²) in [6, 6.07) is 10.1. The van der Waals surface area contributed by atoms with Crippen LogP contribution in [0.5, 0.6) is 5.75 Å². The summed E-state index contributed by atoms with van der Waals surface area (Å²) < 4.78 is 31.4. The molecule has 106 valence electrons. The van der Waals surface area contributed by atoms with Gasteiger partial charge in [0.25, 0.3) is 0 Å². The second-order valence-electron chi connectivity index (χ2n) is 4.08.